The molecule has 2 rings (SSSR count). The minimum atomic E-state index is -0.531. The molecule has 0 spiro atoms. The van der Waals surface area contributed by atoms with E-state index in [0.29, 0.717) is 25.5 Å². The number of rotatable bonds is 8. The van der Waals surface area contributed by atoms with Gasteiger partial charge in [-0.3, -0.25) is 4.79 Å². The molecular formula is C18H21NO3. The second kappa shape index (κ2) is 8.85. The van der Waals surface area contributed by atoms with Crippen LogP contribution >= 0.6 is 0 Å². The number of ether oxygens (including phenoxy) is 2. The Kier molecular flexibility index (Phi) is 6.45. The zero-order valence-corrected chi connectivity index (χ0v) is 12.7. The van der Waals surface area contributed by atoms with Gasteiger partial charge in [-0.2, -0.15) is 0 Å². The molecule has 0 aliphatic rings. The molecule has 0 heterocycles. The van der Waals surface area contributed by atoms with Gasteiger partial charge in [-0.1, -0.05) is 48.5 Å². The average Bonchev–Trinajstić information content (AvgIpc) is 2.56. The lowest BCUT2D eigenvalue weighted by Crippen LogP contribution is -2.38. The Balaban J connectivity index is 1.61. The largest absolute Gasteiger partial charge is 0.481 e. The summed E-state index contributed by atoms with van der Waals surface area (Å²) in [4.78, 5) is 11.9. The highest BCUT2D eigenvalue weighted by Crippen LogP contribution is 2.10. The smallest absolute Gasteiger partial charge is 0.260 e. The summed E-state index contributed by atoms with van der Waals surface area (Å²) in [6, 6.07) is 19.2. The first-order valence-corrected chi connectivity index (χ1v) is 7.37. The quantitative estimate of drug-likeness (QED) is 0.763. The second-order valence-electron chi connectivity index (χ2n) is 4.90. The Morgan fingerprint density at radius 1 is 1.05 bits per heavy atom. The molecule has 0 fully saturated rings. The predicted octanol–water partition coefficient (Wildman–Crippen LogP) is 2.79. The van der Waals surface area contributed by atoms with Crippen molar-refractivity contribution in [2.75, 3.05) is 13.2 Å². The van der Waals surface area contributed by atoms with E-state index >= 15 is 0 Å². The molecule has 22 heavy (non-hydrogen) atoms. The van der Waals surface area contributed by atoms with Crippen molar-refractivity contribution in [2.45, 2.75) is 19.6 Å². The molecule has 0 aliphatic heterocycles. The van der Waals surface area contributed by atoms with Crippen LogP contribution in [0.3, 0.4) is 0 Å². The van der Waals surface area contributed by atoms with Gasteiger partial charge in [0.15, 0.2) is 6.10 Å². The SMILES string of the molecule is C[C@@H](Oc1ccccc1)C(=O)NCCOCc1ccccc1. The van der Waals surface area contributed by atoms with E-state index in [-0.39, 0.29) is 5.91 Å². The van der Waals surface area contributed by atoms with E-state index in [1.165, 1.54) is 0 Å². The van der Waals surface area contributed by atoms with E-state index in [4.69, 9.17) is 9.47 Å². The maximum atomic E-state index is 11.9. The standard InChI is InChI=1S/C18H21NO3/c1-15(22-17-10-6-3-7-11-17)18(20)19-12-13-21-14-16-8-4-2-5-9-16/h2-11,15H,12-14H2,1H3,(H,19,20)/t15-/m1/s1. The Labute approximate surface area is 131 Å². The zero-order valence-electron chi connectivity index (χ0n) is 12.7. The maximum Gasteiger partial charge on any atom is 0.260 e. The highest BCUT2D eigenvalue weighted by atomic mass is 16.5. The van der Waals surface area contributed by atoms with Gasteiger partial charge in [-0.15, -0.1) is 0 Å². The van der Waals surface area contributed by atoms with Crippen molar-refractivity contribution in [1.29, 1.82) is 0 Å². The van der Waals surface area contributed by atoms with Crippen LogP contribution in [0, 0.1) is 0 Å². The predicted molar refractivity (Wildman–Crippen MR) is 85.6 cm³/mol. The van der Waals surface area contributed by atoms with Crippen LogP contribution in [0.15, 0.2) is 60.7 Å². The number of para-hydroxylation sites is 1. The molecule has 0 bridgehead atoms. The molecule has 0 saturated carbocycles. The number of benzene rings is 2. The van der Waals surface area contributed by atoms with Crippen LogP contribution in [-0.2, 0) is 16.1 Å². The topological polar surface area (TPSA) is 47.6 Å². The summed E-state index contributed by atoms with van der Waals surface area (Å²) in [6.07, 6.45) is -0.531. The minimum absolute atomic E-state index is 0.146. The van der Waals surface area contributed by atoms with Crippen LogP contribution in [0.25, 0.3) is 0 Å². The normalized spacial score (nSPS) is 11.7. The fourth-order valence-electron chi connectivity index (χ4n) is 1.91. The lowest BCUT2D eigenvalue weighted by molar-refractivity contribution is -0.127. The highest BCUT2D eigenvalue weighted by molar-refractivity contribution is 5.80. The number of carbonyl (C=O) groups is 1. The molecule has 2 aromatic carbocycles. The van der Waals surface area contributed by atoms with Crippen LogP contribution in [-0.4, -0.2) is 25.2 Å². The number of amides is 1. The van der Waals surface area contributed by atoms with Crippen molar-refractivity contribution in [2.24, 2.45) is 0 Å². The number of nitrogens with one attached hydrogen (secondary N) is 1. The monoisotopic (exact) mass is 299 g/mol. The molecule has 0 aliphatic carbocycles. The fourth-order valence-corrected chi connectivity index (χ4v) is 1.91. The van der Waals surface area contributed by atoms with Gasteiger partial charge in [0.1, 0.15) is 5.75 Å². The van der Waals surface area contributed by atoms with Gasteiger partial charge in [0.05, 0.1) is 13.2 Å². The molecule has 1 atom stereocenters. The molecule has 0 aromatic heterocycles. The molecule has 4 nitrogen and oxygen atoms in total. The summed E-state index contributed by atoms with van der Waals surface area (Å²) in [5.41, 5.74) is 1.12. The molecular weight excluding hydrogens is 278 g/mol. The summed E-state index contributed by atoms with van der Waals surface area (Å²) in [6.45, 7) is 3.22. The average molecular weight is 299 g/mol. The summed E-state index contributed by atoms with van der Waals surface area (Å²) in [7, 11) is 0. The Morgan fingerprint density at radius 3 is 2.36 bits per heavy atom. The summed E-state index contributed by atoms with van der Waals surface area (Å²) >= 11 is 0. The molecule has 0 saturated heterocycles. The highest BCUT2D eigenvalue weighted by Gasteiger charge is 2.13. The summed E-state index contributed by atoms with van der Waals surface area (Å²) in [5, 5.41) is 2.80. The van der Waals surface area contributed by atoms with Crippen LogP contribution in [0.1, 0.15) is 12.5 Å². The Morgan fingerprint density at radius 2 is 1.68 bits per heavy atom. The van der Waals surface area contributed by atoms with E-state index < -0.39 is 6.10 Å². The minimum Gasteiger partial charge on any atom is -0.481 e. The summed E-state index contributed by atoms with van der Waals surface area (Å²) < 4.78 is 11.1. The van der Waals surface area contributed by atoms with Crippen LogP contribution in [0.4, 0.5) is 0 Å². The van der Waals surface area contributed by atoms with Gasteiger partial charge in [0.25, 0.3) is 5.91 Å². The van der Waals surface area contributed by atoms with Crippen molar-refractivity contribution in [3.8, 4) is 5.75 Å². The van der Waals surface area contributed by atoms with E-state index in [9.17, 15) is 4.79 Å². The lowest BCUT2D eigenvalue weighted by atomic mass is 10.2. The number of carbonyl (C=O) groups excluding carboxylic acids is 1. The molecule has 0 radical (unpaired) electrons. The van der Waals surface area contributed by atoms with Gasteiger partial charge in [0.2, 0.25) is 0 Å². The zero-order chi connectivity index (χ0) is 15.6. The first-order chi connectivity index (χ1) is 10.8. The van der Waals surface area contributed by atoms with Crippen LogP contribution < -0.4 is 10.1 Å². The molecule has 1 N–H and O–H groups in total. The van der Waals surface area contributed by atoms with Gasteiger partial charge in [0, 0.05) is 6.54 Å². The first kappa shape index (κ1) is 16.0. The van der Waals surface area contributed by atoms with Crippen molar-refractivity contribution in [3.05, 3.63) is 66.2 Å². The van der Waals surface area contributed by atoms with Crippen LogP contribution in [0.2, 0.25) is 0 Å². The third kappa shape index (κ3) is 5.58. The molecule has 116 valence electrons. The van der Waals surface area contributed by atoms with Crippen molar-refractivity contribution < 1.29 is 14.3 Å². The van der Waals surface area contributed by atoms with E-state index in [1.54, 1.807) is 6.92 Å². The summed E-state index contributed by atoms with van der Waals surface area (Å²) in [5.74, 6) is 0.539. The van der Waals surface area contributed by atoms with Crippen molar-refractivity contribution in [3.63, 3.8) is 0 Å². The van der Waals surface area contributed by atoms with Gasteiger partial charge in [-0.05, 0) is 24.6 Å². The molecule has 1 amide bonds. The molecule has 4 heteroatoms. The van der Waals surface area contributed by atoms with Gasteiger partial charge < -0.3 is 14.8 Å². The van der Waals surface area contributed by atoms with Crippen molar-refractivity contribution >= 4 is 5.91 Å². The number of hydrogen-bond acceptors (Lipinski definition) is 3. The fraction of sp³-hybridized carbons (Fsp3) is 0.278. The van der Waals surface area contributed by atoms with Crippen molar-refractivity contribution in [1.82, 2.24) is 5.32 Å². The van der Waals surface area contributed by atoms with E-state index in [2.05, 4.69) is 5.32 Å². The molecule has 0 unspecified atom stereocenters. The Bertz CT molecular complexity index is 557. The second-order valence-corrected chi connectivity index (χ2v) is 4.90. The lowest BCUT2D eigenvalue weighted by Gasteiger charge is -2.14. The Hall–Kier alpha value is -2.33. The van der Waals surface area contributed by atoms with Gasteiger partial charge in [-0.25, -0.2) is 0 Å². The number of hydrogen-bond donors (Lipinski definition) is 1. The van der Waals surface area contributed by atoms with E-state index in [1.807, 2.05) is 60.7 Å². The van der Waals surface area contributed by atoms with E-state index in [0.717, 1.165) is 5.56 Å². The first-order valence-electron chi connectivity index (χ1n) is 7.37. The van der Waals surface area contributed by atoms with Gasteiger partial charge >= 0.3 is 0 Å². The van der Waals surface area contributed by atoms with Crippen LogP contribution in [0.5, 0.6) is 5.75 Å². The molecule has 2 aromatic rings. The third-order valence-electron chi connectivity index (χ3n) is 3.08. The maximum absolute atomic E-state index is 11.9. The third-order valence-corrected chi connectivity index (χ3v) is 3.08.